The molecule has 1 rings (SSSR count). The first-order valence-corrected chi connectivity index (χ1v) is 6.78. The predicted octanol–water partition coefficient (Wildman–Crippen LogP) is 2.70. The van der Waals surface area contributed by atoms with E-state index < -0.39 is 0 Å². The van der Waals surface area contributed by atoms with Crippen LogP contribution in [-0.2, 0) is 11.2 Å². The Morgan fingerprint density at radius 3 is 2.80 bits per heavy atom. The van der Waals surface area contributed by atoms with Gasteiger partial charge in [-0.05, 0) is 20.8 Å². The fourth-order valence-corrected chi connectivity index (χ4v) is 2.28. The molecule has 0 aromatic carbocycles. The van der Waals surface area contributed by atoms with E-state index in [0.29, 0.717) is 0 Å². The molecule has 0 unspecified atom stereocenters. The third-order valence-electron chi connectivity index (χ3n) is 1.54. The van der Waals surface area contributed by atoms with Gasteiger partial charge in [-0.15, -0.1) is 10.2 Å². The Morgan fingerprint density at radius 2 is 2.20 bits per heavy atom. The Labute approximate surface area is 108 Å². The molecule has 6 heteroatoms. The molecule has 4 nitrogen and oxygen atoms in total. The SMILES string of the molecule is CCOCCc1nnc(NC(C)(C)I)s1. The summed E-state index contributed by atoms with van der Waals surface area (Å²) in [4.78, 5) is 0. The van der Waals surface area contributed by atoms with Gasteiger partial charge in [-0.1, -0.05) is 33.9 Å². The van der Waals surface area contributed by atoms with Gasteiger partial charge in [0.15, 0.2) is 0 Å². The minimum absolute atomic E-state index is 0.00841. The van der Waals surface area contributed by atoms with Gasteiger partial charge in [0.05, 0.1) is 10.2 Å². The maximum absolute atomic E-state index is 5.26. The van der Waals surface area contributed by atoms with Crippen molar-refractivity contribution in [2.45, 2.75) is 30.7 Å². The Kier molecular flexibility index (Phi) is 5.20. The molecule has 0 bridgehead atoms. The second kappa shape index (κ2) is 5.95. The molecular formula is C9H16IN3OS. The number of anilines is 1. The molecule has 1 aromatic rings. The minimum atomic E-state index is 0.00841. The smallest absolute Gasteiger partial charge is 0.206 e. The quantitative estimate of drug-likeness (QED) is 0.374. The number of nitrogens with one attached hydrogen (secondary N) is 1. The first-order valence-electron chi connectivity index (χ1n) is 4.88. The largest absolute Gasteiger partial charge is 0.381 e. The highest BCUT2D eigenvalue weighted by Crippen LogP contribution is 2.23. The van der Waals surface area contributed by atoms with Gasteiger partial charge in [-0.2, -0.15) is 0 Å². The van der Waals surface area contributed by atoms with Gasteiger partial charge in [0.2, 0.25) is 5.13 Å². The molecule has 1 heterocycles. The lowest BCUT2D eigenvalue weighted by Gasteiger charge is -2.16. The number of aromatic nitrogens is 2. The average Bonchev–Trinajstić information content (AvgIpc) is 2.50. The number of nitrogens with zero attached hydrogens (tertiary/aromatic N) is 2. The van der Waals surface area contributed by atoms with Crippen LogP contribution in [0.1, 0.15) is 25.8 Å². The van der Waals surface area contributed by atoms with Crippen LogP contribution in [0.5, 0.6) is 0 Å². The zero-order valence-corrected chi connectivity index (χ0v) is 12.2. The second-order valence-corrected chi connectivity index (χ2v) is 7.30. The van der Waals surface area contributed by atoms with Gasteiger partial charge in [-0.3, -0.25) is 0 Å². The van der Waals surface area contributed by atoms with Gasteiger partial charge in [0.25, 0.3) is 0 Å². The van der Waals surface area contributed by atoms with Gasteiger partial charge in [-0.25, -0.2) is 0 Å². The van der Waals surface area contributed by atoms with Crippen molar-refractivity contribution in [3.05, 3.63) is 5.01 Å². The van der Waals surface area contributed by atoms with Crippen molar-refractivity contribution in [2.75, 3.05) is 18.5 Å². The Morgan fingerprint density at radius 1 is 1.47 bits per heavy atom. The molecule has 0 fully saturated rings. The van der Waals surface area contributed by atoms with Crippen LogP contribution in [0.2, 0.25) is 0 Å². The van der Waals surface area contributed by atoms with Crippen LogP contribution in [-0.4, -0.2) is 27.0 Å². The van der Waals surface area contributed by atoms with E-state index >= 15 is 0 Å². The van der Waals surface area contributed by atoms with Crippen LogP contribution in [0.15, 0.2) is 0 Å². The van der Waals surface area contributed by atoms with E-state index in [1.165, 1.54) is 0 Å². The molecule has 0 spiro atoms. The fourth-order valence-electron chi connectivity index (χ4n) is 0.963. The zero-order valence-electron chi connectivity index (χ0n) is 9.21. The Bertz CT molecular complexity index is 298. The summed E-state index contributed by atoms with van der Waals surface area (Å²) in [7, 11) is 0. The summed E-state index contributed by atoms with van der Waals surface area (Å²) in [5.74, 6) is 0. The van der Waals surface area contributed by atoms with Gasteiger partial charge in [0.1, 0.15) is 5.01 Å². The third kappa shape index (κ3) is 5.62. The van der Waals surface area contributed by atoms with E-state index in [2.05, 4.69) is 52.0 Å². The van der Waals surface area contributed by atoms with E-state index in [0.717, 1.165) is 29.8 Å². The van der Waals surface area contributed by atoms with Gasteiger partial charge < -0.3 is 10.1 Å². The molecular weight excluding hydrogens is 325 g/mol. The van der Waals surface area contributed by atoms with Crippen molar-refractivity contribution in [2.24, 2.45) is 0 Å². The molecule has 1 aromatic heterocycles. The third-order valence-corrected chi connectivity index (χ3v) is 2.70. The molecule has 15 heavy (non-hydrogen) atoms. The van der Waals surface area contributed by atoms with Crippen LogP contribution < -0.4 is 5.32 Å². The second-order valence-electron chi connectivity index (χ2n) is 3.55. The first kappa shape index (κ1) is 13.1. The summed E-state index contributed by atoms with van der Waals surface area (Å²) in [6.45, 7) is 7.65. The number of ether oxygens (including phenoxy) is 1. The molecule has 86 valence electrons. The molecule has 0 saturated heterocycles. The maximum Gasteiger partial charge on any atom is 0.206 e. The van der Waals surface area contributed by atoms with E-state index in [9.17, 15) is 0 Å². The summed E-state index contributed by atoms with van der Waals surface area (Å²) in [6.07, 6.45) is 0.842. The average molecular weight is 341 g/mol. The number of rotatable bonds is 6. The van der Waals surface area contributed by atoms with E-state index in [4.69, 9.17) is 4.74 Å². The molecule has 0 aliphatic carbocycles. The van der Waals surface area contributed by atoms with Crippen LogP contribution in [0.4, 0.5) is 5.13 Å². The zero-order chi connectivity index (χ0) is 11.3. The highest BCUT2D eigenvalue weighted by Gasteiger charge is 2.14. The Hall–Kier alpha value is 0.0500. The normalized spacial score (nSPS) is 11.7. The lowest BCUT2D eigenvalue weighted by molar-refractivity contribution is 0.150. The summed E-state index contributed by atoms with van der Waals surface area (Å²) in [5.41, 5.74) is 0. The first-order chi connectivity index (χ1) is 7.01. The minimum Gasteiger partial charge on any atom is -0.381 e. The molecule has 0 saturated carbocycles. The van der Waals surface area contributed by atoms with Crippen LogP contribution in [0, 0.1) is 0 Å². The predicted molar refractivity (Wildman–Crippen MR) is 71.8 cm³/mol. The summed E-state index contributed by atoms with van der Waals surface area (Å²) in [5, 5.41) is 13.4. The van der Waals surface area contributed by atoms with E-state index in [1.54, 1.807) is 11.3 Å². The Balaban J connectivity index is 2.42. The lowest BCUT2D eigenvalue weighted by Crippen LogP contribution is -2.21. The molecule has 0 aliphatic rings. The van der Waals surface area contributed by atoms with Crippen LogP contribution in [0.25, 0.3) is 0 Å². The molecule has 0 radical (unpaired) electrons. The van der Waals surface area contributed by atoms with Crippen LogP contribution in [0.3, 0.4) is 0 Å². The molecule has 0 aliphatic heterocycles. The van der Waals surface area contributed by atoms with E-state index in [-0.39, 0.29) is 3.55 Å². The van der Waals surface area contributed by atoms with Crippen molar-refractivity contribution in [1.82, 2.24) is 10.2 Å². The van der Waals surface area contributed by atoms with Gasteiger partial charge in [0, 0.05) is 13.0 Å². The molecule has 0 atom stereocenters. The van der Waals surface area contributed by atoms with Crippen molar-refractivity contribution in [3.63, 3.8) is 0 Å². The number of alkyl halides is 1. The van der Waals surface area contributed by atoms with Gasteiger partial charge >= 0.3 is 0 Å². The molecule has 0 amide bonds. The number of halogens is 1. The monoisotopic (exact) mass is 341 g/mol. The topological polar surface area (TPSA) is 47.0 Å². The highest BCUT2D eigenvalue weighted by molar-refractivity contribution is 14.1. The number of hydrogen-bond donors (Lipinski definition) is 1. The van der Waals surface area contributed by atoms with Crippen molar-refractivity contribution >= 4 is 39.1 Å². The number of hydrogen-bond acceptors (Lipinski definition) is 5. The van der Waals surface area contributed by atoms with Crippen molar-refractivity contribution in [3.8, 4) is 0 Å². The maximum atomic E-state index is 5.26. The highest BCUT2D eigenvalue weighted by atomic mass is 127. The van der Waals surface area contributed by atoms with Crippen molar-refractivity contribution < 1.29 is 4.74 Å². The summed E-state index contributed by atoms with van der Waals surface area (Å²) in [6, 6.07) is 0. The lowest BCUT2D eigenvalue weighted by atomic mass is 10.4. The standard InChI is InChI=1S/C9H16IN3OS/c1-4-14-6-5-7-12-13-8(15-7)11-9(2,3)10/h4-6H2,1-3H3,(H,11,13). The fraction of sp³-hybridized carbons (Fsp3) is 0.778. The van der Waals surface area contributed by atoms with Crippen LogP contribution >= 0.6 is 33.9 Å². The molecule has 1 N–H and O–H groups in total. The summed E-state index contributed by atoms with van der Waals surface area (Å²) < 4.78 is 5.27. The van der Waals surface area contributed by atoms with Crippen molar-refractivity contribution in [1.29, 1.82) is 0 Å². The summed E-state index contributed by atoms with van der Waals surface area (Å²) >= 11 is 3.92. The van der Waals surface area contributed by atoms with E-state index in [1.807, 2.05) is 6.92 Å².